The largest absolute Gasteiger partial charge is 0.378 e. The Morgan fingerprint density at radius 2 is 1.82 bits per heavy atom. The van der Waals surface area contributed by atoms with E-state index < -0.39 is 0 Å². The third kappa shape index (κ3) is 4.13. The van der Waals surface area contributed by atoms with E-state index in [0.717, 1.165) is 16.5 Å². The summed E-state index contributed by atoms with van der Waals surface area (Å²) in [6.45, 7) is 3.80. The standard InChI is InChI=1S/C27H23N3O4/c1-18(31)30-24-5-3-2-4-22(24)27(33)25(30)17-21-9-8-20-16-19(6-10-23(20)28-21)7-11-26(32)29-12-14-34-15-13-29/h2-11,16-17H,12-15H2,1H3/b11-7+,25-17?. The molecule has 0 unspecified atom stereocenters. The molecule has 2 aliphatic heterocycles. The summed E-state index contributed by atoms with van der Waals surface area (Å²) in [5.74, 6) is -0.452. The zero-order chi connectivity index (χ0) is 23.7. The molecule has 1 saturated heterocycles. The van der Waals surface area contributed by atoms with Gasteiger partial charge in [-0.15, -0.1) is 0 Å². The van der Waals surface area contributed by atoms with Gasteiger partial charge >= 0.3 is 0 Å². The van der Waals surface area contributed by atoms with Crippen LogP contribution < -0.4 is 4.90 Å². The van der Waals surface area contributed by atoms with Gasteiger partial charge in [-0.3, -0.25) is 19.3 Å². The van der Waals surface area contributed by atoms with Crippen LogP contribution in [0, 0.1) is 0 Å². The molecular weight excluding hydrogens is 430 g/mol. The van der Waals surface area contributed by atoms with Gasteiger partial charge in [0.25, 0.3) is 0 Å². The van der Waals surface area contributed by atoms with Crippen LogP contribution in [0.25, 0.3) is 23.1 Å². The Hall–Kier alpha value is -4.10. The molecule has 2 amide bonds. The lowest BCUT2D eigenvalue weighted by molar-refractivity contribution is -0.129. The predicted molar refractivity (Wildman–Crippen MR) is 130 cm³/mol. The average molecular weight is 453 g/mol. The van der Waals surface area contributed by atoms with Crippen molar-refractivity contribution in [2.45, 2.75) is 6.92 Å². The minimum Gasteiger partial charge on any atom is -0.378 e. The highest BCUT2D eigenvalue weighted by Crippen LogP contribution is 2.35. The third-order valence-electron chi connectivity index (χ3n) is 5.94. The van der Waals surface area contributed by atoms with E-state index >= 15 is 0 Å². The minimum atomic E-state index is -0.228. The van der Waals surface area contributed by atoms with Gasteiger partial charge in [0.2, 0.25) is 17.6 Å². The highest BCUT2D eigenvalue weighted by molar-refractivity contribution is 6.26. The molecule has 0 aliphatic carbocycles. The molecule has 0 saturated carbocycles. The first kappa shape index (κ1) is 21.7. The molecular formula is C27H23N3O4. The van der Waals surface area contributed by atoms with Crippen molar-refractivity contribution in [1.29, 1.82) is 0 Å². The maximum absolute atomic E-state index is 12.9. The van der Waals surface area contributed by atoms with Crippen LogP contribution in [0.4, 0.5) is 5.69 Å². The normalized spacial score (nSPS) is 17.1. The Balaban J connectivity index is 1.40. The van der Waals surface area contributed by atoms with Gasteiger partial charge in [-0.1, -0.05) is 24.3 Å². The molecule has 170 valence electrons. The van der Waals surface area contributed by atoms with Gasteiger partial charge in [-0.25, -0.2) is 4.98 Å². The van der Waals surface area contributed by atoms with Gasteiger partial charge in [-0.05, 0) is 48.0 Å². The lowest BCUT2D eigenvalue weighted by Crippen LogP contribution is -2.39. The number of allylic oxidation sites excluding steroid dienone is 1. The van der Waals surface area contributed by atoms with Gasteiger partial charge in [0.1, 0.15) is 0 Å². The van der Waals surface area contributed by atoms with E-state index in [4.69, 9.17) is 4.74 Å². The summed E-state index contributed by atoms with van der Waals surface area (Å²) in [5.41, 5.74) is 3.62. The number of amides is 2. The molecule has 3 aromatic rings. The summed E-state index contributed by atoms with van der Waals surface area (Å²) in [4.78, 5) is 45.4. The van der Waals surface area contributed by atoms with Gasteiger partial charge in [0, 0.05) is 37.0 Å². The van der Waals surface area contributed by atoms with Crippen LogP contribution in [0.1, 0.15) is 28.5 Å². The van der Waals surface area contributed by atoms with Gasteiger partial charge in [0.05, 0.1) is 35.8 Å². The molecule has 1 aromatic heterocycles. The summed E-state index contributed by atoms with van der Waals surface area (Å²) < 4.78 is 5.29. The van der Waals surface area contributed by atoms with Crippen LogP contribution >= 0.6 is 0 Å². The van der Waals surface area contributed by atoms with Crippen LogP contribution in [-0.2, 0) is 14.3 Å². The number of ether oxygens (including phenoxy) is 1. The van der Waals surface area contributed by atoms with E-state index in [-0.39, 0.29) is 17.6 Å². The fourth-order valence-electron chi connectivity index (χ4n) is 4.24. The first-order valence-corrected chi connectivity index (χ1v) is 11.1. The van der Waals surface area contributed by atoms with Crippen molar-refractivity contribution < 1.29 is 19.1 Å². The number of Topliss-reactive ketones (excluding diaryl/α,β-unsaturated/α-hetero) is 1. The van der Waals surface area contributed by atoms with E-state index in [1.54, 1.807) is 47.4 Å². The SMILES string of the molecule is CC(=O)N1C(=Cc2ccc3cc(/C=C/C(=O)N4CCOCC4)ccc3n2)C(=O)c2ccccc21. The number of fused-ring (bicyclic) bond motifs is 2. The Morgan fingerprint density at radius 1 is 1.03 bits per heavy atom. The smallest absolute Gasteiger partial charge is 0.246 e. The second kappa shape index (κ2) is 9.03. The predicted octanol–water partition coefficient (Wildman–Crippen LogP) is 3.70. The van der Waals surface area contributed by atoms with Crippen molar-refractivity contribution in [2.24, 2.45) is 0 Å². The summed E-state index contributed by atoms with van der Waals surface area (Å²) in [6, 6.07) is 16.5. The molecule has 5 rings (SSSR count). The number of hydrogen-bond donors (Lipinski definition) is 0. The van der Waals surface area contributed by atoms with E-state index in [1.807, 2.05) is 30.3 Å². The van der Waals surface area contributed by atoms with Crippen molar-refractivity contribution in [1.82, 2.24) is 9.88 Å². The molecule has 7 nitrogen and oxygen atoms in total. The number of pyridine rings is 1. The summed E-state index contributed by atoms with van der Waals surface area (Å²) in [7, 11) is 0. The van der Waals surface area contributed by atoms with Crippen LogP contribution in [0.2, 0.25) is 0 Å². The fourth-order valence-corrected chi connectivity index (χ4v) is 4.24. The minimum absolute atomic E-state index is 0.0271. The van der Waals surface area contributed by atoms with Crippen molar-refractivity contribution in [2.75, 3.05) is 31.2 Å². The number of benzene rings is 2. The van der Waals surface area contributed by atoms with E-state index in [9.17, 15) is 14.4 Å². The van der Waals surface area contributed by atoms with Crippen molar-refractivity contribution in [3.63, 3.8) is 0 Å². The maximum atomic E-state index is 12.9. The molecule has 0 N–H and O–H groups in total. The number of carbonyl (C=O) groups is 3. The number of rotatable bonds is 3. The fraction of sp³-hybridized carbons (Fsp3) is 0.185. The topological polar surface area (TPSA) is 79.8 Å². The van der Waals surface area contributed by atoms with Gasteiger partial charge in [0.15, 0.2) is 0 Å². The van der Waals surface area contributed by atoms with Crippen LogP contribution in [0.15, 0.2) is 66.4 Å². The van der Waals surface area contributed by atoms with E-state index in [0.29, 0.717) is 48.9 Å². The molecule has 0 atom stereocenters. The van der Waals surface area contributed by atoms with Gasteiger partial charge < -0.3 is 9.64 Å². The highest BCUT2D eigenvalue weighted by Gasteiger charge is 2.34. The molecule has 2 aliphatic rings. The summed E-state index contributed by atoms with van der Waals surface area (Å²) in [5, 5.41) is 0.910. The zero-order valence-corrected chi connectivity index (χ0v) is 18.7. The Bertz CT molecular complexity index is 1370. The first-order chi connectivity index (χ1) is 16.5. The third-order valence-corrected chi connectivity index (χ3v) is 5.94. The lowest BCUT2D eigenvalue weighted by atomic mass is 10.1. The molecule has 1 fully saturated rings. The average Bonchev–Trinajstić information content (AvgIpc) is 3.14. The van der Waals surface area contributed by atoms with Crippen LogP contribution in [-0.4, -0.2) is 53.8 Å². The van der Waals surface area contributed by atoms with Crippen LogP contribution in [0.5, 0.6) is 0 Å². The van der Waals surface area contributed by atoms with Crippen LogP contribution in [0.3, 0.4) is 0 Å². The number of para-hydroxylation sites is 1. The molecule has 0 spiro atoms. The number of ketones is 1. The number of morpholine rings is 1. The molecule has 0 radical (unpaired) electrons. The van der Waals surface area contributed by atoms with Gasteiger partial charge in [-0.2, -0.15) is 0 Å². The monoisotopic (exact) mass is 453 g/mol. The Labute approximate surface area is 196 Å². The van der Waals surface area contributed by atoms with Crippen molar-refractivity contribution in [3.05, 3.63) is 83.2 Å². The maximum Gasteiger partial charge on any atom is 0.246 e. The molecule has 0 bridgehead atoms. The Kier molecular flexibility index (Phi) is 5.77. The molecule has 2 aromatic carbocycles. The van der Waals surface area contributed by atoms with E-state index in [1.165, 1.54) is 11.8 Å². The van der Waals surface area contributed by atoms with Crippen molar-refractivity contribution >= 4 is 46.3 Å². The number of anilines is 1. The highest BCUT2D eigenvalue weighted by atomic mass is 16.5. The van der Waals surface area contributed by atoms with Crippen molar-refractivity contribution in [3.8, 4) is 0 Å². The summed E-state index contributed by atoms with van der Waals surface area (Å²) in [6.07, 6.45) is 5.03. The molecule has 7 heteroatoms. The zero-order valence-electron chi connectivity index (χ0n) is 18.7. The number of nitrogens with zero attached hydrogens (tertiary/aromatic N) is 3. The van der Waals surface area contributed by atoms with E-state index in [2.05, 4.69) is 4.98 Å². The molecule has 3 heterocycles. The second-order valence-electron chi connectivity index (χ2n) is 8.19. The number of hydrogen-bond acceptors (Lipinski definition) is 5. The first-order valence-electron chi connectivity index (χ1n) is 11.1. The summed E-state index contributed by atoms with van der Waals surface area (Å²) >= 11 is 0. The molecule has 34 heavy (non-hydrogen) atoms. The number of carbonyl (C=O) groups excluding carboxylic acids is 3. The second-order valence-corrected chi connectivity index (χ2v) is 8.19. The Morgan fingerprint density at radius 3 is 2.62 bits per heavy atom. The lowest BCUT2D eigenvalue weighted by Gasteiger charge is -2.25. The quantitative estimate of drug-likeness (QED) is 0.565. The number of aromatic nitrogens is 1.